The van der Waals surface area contributed by atoms with Gasteiger partial charge in [-0.2, -0.15) is 0 Å². The summed E-state index contributed by atoms with van der Waals surface area (Å²) in [5.41, 5.74) is 4.30. The number of halogens is 1. The molecule has 0 radical (unpaired) electrons. The van der Waals surface area contributed by atoms with Gasteiger partial charge in [-0.3, -0.25) is 0 Å². The lowest BCUT2D eigenvalue weighted by Crippen LogP contribution is -2.12. The Morgan fingerprint density at radius 3 is 2.33 bits per heavy atom. The summed E-state index contributed by atoms with van der Waals surface area (Å²) in [5, 5.41) is 11.4. The van der Waals surface area contributed by atoms with E-state index in [2.05, 4.69) is 22.9 Å². The van der Waals surface area contributed by atoms with E-state index in [-0.39, 0.29) is 5.75 Å². The van der Waals surface area contributed by atoms with Crippen LogP contribution in [0.15, 0.2) is 0 Å². The maximum absolute atomic E-state index is 12.2. The van der Waals surface area contributed by atoms with Crippen molar-refractivity contribution in [2.24, 2.45) is 0 Å². The minimum Gasteiger partial charge on any atom is -0.507 e. The molecular weight excluding hydrogens is 332 g/mol. The molecule has 0 fully saturated rings. The Balaban J connectivity index is 3.47. The first-order chi connectivity index (χ1) is 9.99. The number of hydrogen-bond acceptors (Lipinski definition) is 3. The molecule has 0 heterocycles. The molecule has 0 spiro atoms. The SMILES string of the molecule is CCCCc1c(C)c(CCBr)c(C)c(C(=O)OCC)c1O. The summed E-state index contributed by atoms with van der Waals surface area (Å²) in [5.74, 6) is -0.323. The van der Waals surface area contributed by atoms with Crippen LogP contribution in [0.5, 0.6) is 5.75 Å². The van der Waals surface area contributed by atoms with E-state index in [0.717, 1.165) is 53.3 Å². The van der Waals surface area contributed by atoms with Crippen LogP contribution in [0.1, 0.15) is 59.3 Å². The highest BCUT2D eigenvalue weighted by atomic mass is 79.9. The van der Waals surface area contributed by atoms with Crippen molar-refractivity contribution in [1.29, 1.82) is 0 Å². The fourth-order valence-corrected chi connectivity index (χ4v) is 3.10. The Morgan fingerprint density at radius 2 is 1.81 bits per heavy atom. The van der Waals surface area contributed by atoms with Crippen molar-refractivity contribution in [3.8, 4) is 5.75 Å². The molecule has 0 aliphatic rings. The van der Waals surface area contributed by atoms with Gasteiger partial charge in [0, 0.05) is 5.33 Å². The number of carbonyl (C=O) groups is 1. The fourth-order valence-electron chi connectivity index (χ4n) is 2.70. The van der Waals surface area contributed by atoms with E-state index in [4.69, 9.17) is 4.74 Å². The molecule has 1 aromatic carbocycles. The molecule has 0 bridgehead atoms. The molecule has 0 aromatic heterocycles. The lowest BCUT2D eigenvalue weighted by atomic mass is 9.88. The molecule has 1 rings (SSSR count). The summed E-state index contributed by atoms with van der Waals surface area (Å²) in [6.07, 6.45) is 3.67. The number of benzene rings is 1. The average Bonchev–Trinajstić information content (AvgIpc) is 2.44. The highest BCUT2D eigenvalue weighted by molar-refractivity contribution is 9.09. The Kier molecular flexibility index (Phi) is 7.23. The number of aromatic hydroxyl groups is 1. The lowest BCUT2D eigenvalue weighted by molar-refractivity contribution is 0.0522. The smallest absolute Gasteiger partial charge is 0.342 e. The minimum atomic E-state index is -0.430. The third kappa shape index (κ3) is 4.00. The van der Waals surface area contributed by atoms with Crippen LogP contribution >= 0.6 is 15.9 Å². The van der Waals surface area contributed by atoms with E-state index in [1.807, 2.05) is 13.8 Å². The van der Waals surface area contributed by atoms with Gasteiger partial charge >= 0.3 is 5.97 Å². The Hall–Kier alpha value is -1.03. The summed E-state index contributed by atoms with van der Waals surface area (Å²) in [4.78, 5) is 12.2. The summed E-state index contributed by atoms with van der Waals surface area (Å²) in [6, 6.07) is 0. The molecule has 0 aliphatic heterocycles. The highest BCUT2D eigenvalue weighted by Gasteiger charge is 2.23. The maximum atomic E-state index is 12.2. The number of phenolic OH excluding ortho intramolecular Hbond substituents is 1. The van der Waals surface area contributed by atoms with Crippen molar-refractivity contribution in [2.45, 2.75) is 53.4 Å². The van der Waals surface area contributed by atoms with Gasteiger partial charge < -0.3 is 9.84 Å². The van der Waals surface area contributed by atoms with E-state index < -0.39 is 5.97 Å². The van der Waals surface area contributed by atoms with Crippen molar-refractivity contribution in [1.82, 2.24) is 0 Å². The topological polar surface area (TPSA) is 46.5 Å². The Morgan fingerprint density at radius 1 is 1.14 bits per heavy atom. The molecule has 1 aromatic rings. The Labute approximate surface area is 135 Å². The monoisotopic (exact) mass is 356 g/mol. The van der Waals surface area contributed by atoms with Gasteiger partial charge in [0.1, 0.15) is 11.3 Å². The van der Waals surface area contributed by atoms with Crippen molar-refractivity contribution in [2.75, 3.05) is 11.9 Å². The van der Waals surface area contributed by atoms with Gasteiger partial charge in [-0.15, -0.1) is 0 Å². The van der Waals surface area contributed by atoms with Crippen LogP contribution in [0.2, 0.25) is 0 Å². The molecular formula is C17H25BrO3. The third-order valence-corrected chi connectivity index (χ3v) is 4.26. The second kappa shape index (κ2) is 8.42. The molecule has 0 saturated carbocycles. The van der Waals surface area contributed by atoms with E-state index in [1.54, 1.807) is 6.92 Å². The van der Waals surface area contributed by atoms with E-state index in [9.17, 15) is 9.90 Å². The minimum absolute atomic E-state index is 0.107. The number of unbranched alkanes of at least 4 members (excludes halogenated alkanes) is 1. The van der Waals surface area contributed by atoms with Crippen LogP contribution in [0.4, 0.5) is 0 Å². The van der Waals surface area contributed by atoms with Crippen LogP contribution in [-0.2, 0) is 17.6 Å². The van der Waals surface area contributed by atoms with Gasteiger partial charge in [0.25, 0.3) is 0 Å². The first-order valence-electron chi connectivity index (χ1n) is 7.56. The standard InChI is InChI=1S/C17H25BrO3/c1-5-7-8-14-11(3)13(9-10-18)12(4)15(16(14)19)17(20)21-6-2/h19H,5-10H2,1-4H3. The zero-order chi connectivity index (χ0) is 16.0. The molecule has 0 atom stereocenters. The van der Waals surface area contributed by atoms with Gasteiger partial charge in [0.2, 0.25) is 0 Å². The average molecular weight is 357 g/mol. The molecule has 21 heavy (non-hydrogen) atoms. The molecule has 0 unspecified atom stereocenters. The van der Waals surface area contributed by atoms with Crippen LogP contribution in [0.3, 0.4) is 0 Å². The first-order valence-corrected chi connectivity index (χ1v) is 8.68. The Bertz CT molecular complexity index is 509. The molecule has 0 aliphatic carbocycles. The van der Waals surface area contributed by atoms with Crippen LogP contribution in [-0.4, -0.2) is 23.0 Å². The predicted molar refractivity (Wildman–Crippen MR) is 89.6 cm³/mol. The van der Waals surface area contributed by atoms with Crippen LogP contribution < -0.4 is 0 Å². The second-order valence-electron chi connectivity index (χ2n) is 5.19. The molecule has 3 nitrogen and oxygen atoms in total. The first kappa shape index (κ1) is 18.0. The van der Waals surface area contributed by atoms with Gasteiger partial charge in [-0.05, 0) is 62.3 Å². The largest absolute Gasteiger partial charge is 0.507 e. The quantitative estimate of drug-likeness (QED) is 0.579. The van der Waals surface area contributed by atoms with E-state index in [1.165, 1.54) is 0 Å². The molecule has 0 amide bonds. The van der Waals surface area contributed by atoms with Crippen molar-refractivity contribution in [3.05, 3.63) is 27.8 Å². The number of esters is 1. The lowest BCUT2D eigenvalue weighted by Gasteiger charge is -2.20. The summed E-state index contributed by atoms with van der Waals surface area (Å²) in [6.45, 7) is 8.12. The molecule has 118 valence electrons. The number of rotatable bonds is 7. The van der Waals surface area contributed by atoms with E-state index in [0.29, 0.717) is 12.2 Å². The van der Waals surface area contributed by atoms with Gasteiger partial charge in [0.05, 0.1) is 6.61 Å². The fraction of sp³-hybridized carbons (Fsp3) is 0.588. The number of alkyl halides is 1. The zero-order valence-corrected chi connectivity index (χ0v) is 15.0. The van der Waals surface area contributed by atoms with Gasteiger partial charge in [-0.25, -0.2) is 4.79 Å². The second-order valence-corrected chi connectivity index (χ2v) is 5.99. The van der Waals surface area contributed by atoms with E-state index >= 15 is 0 Å². The normalized spacial score (nSPS) is 10.7. The molecule has 0 saturated heterocycles. The summed E-state index contributed by atoms with van der Waals surface area (Å²) in [7, 11) is 0. The number of carbonyl (C=O) groups excluding carboxylic acids is 1. The molecule has 4 heteroatoms. The number of hydrogen-bond donors (Lipinski definition) is 1. The summed E-state index contributed by atoms with van der Waals surface area (Å²) < 4.78 is 5.11. The van der Waals surface area contributed by atoms with Gasteiger partial charge in [-0.1, -0.05) is 29.3 Å². The number of ether oxygens (including phenoxy) is 1. The van der Waals surface area contributed by atoms with Crippen LogP contribution in [0.25, 0.3) is 0 Å². The summed E-state index contributed by atoms with van der Waals surface area (Å²) >= 11 is 3.46. The van der Waals surface area contributed by atoms with Crippen molar-refractivity contribution >= 4 is 21.9 Å². The maximum Gasteiger partial charge on any atom is 0.342 e. The predicted octanol–water partition coefficient (Wildman–Crippen LogP) is 4.47. The zero-order valence-electron chi connectivity index (χ0n) is 13.4. The van der Waals surface area contributed by atoms with Crippen LogP contribution in [0, 0.1) is 13.8 Å². The van der Waals surface area contributed by atoms with Crippen molar-refractivity contribution in [3.63, 3.8) is 0 Å². The third-order valence-electron chi connectivity index (χ3n) is 3.86. The molecule has 1 N–H and O–H groups in total. The number of phenols is 1. The highest BCUT2D eigenvalue weighted by Crippen LogP contribution is 2.35. The van der Waals surface area contributed by atoms with Gasteiger partial charge in [0.15, 0.2) is 0 Å². The van der Waals surface area contributed by atoms with Crippen molar-refractivity contribution < 1.29 is 14.6 Å².